The molecule has 10 heteroatoms. The van der Waals surface area contributed by atoms with E-state index in [1.54, 1.807) is 19.2 Å². The van der Waals surface area contributed by atoms with Crippen molar-refractivity contribution in [2.75, 3.05) is 13.6 Å². The fraction of sp³-hybridized carbons (Fsp3) is 0.412. The Morgan fingerprint density at radius 1 is 1.41 bits per heavy atom. The highest BCUT2D eigenvalue weighted by atomic mass is 35.5. The number of hydrogen-bond donors (Lipinski definition) is 2. The number of benzene rings is 1. The Balaban J connectivity index is 1.49. The number of guanidine groups is 1. The molecule has 2 aromatic rings. The molecule has 0 spiro atoms. The molecule has 1 aromatic carbocycles. The van der Waals surface area contributed by atoms with Crippen LogP contribution in [0.3, 0.4) is 0 Å². The molecule has 2 N–H and O–H groups in total. The maximum Gasteiger partial charge on any atom is 0.434 e. The number of alkyl halides is 3. The second-order valence-corrected chi connectivity index (χ2v) is 7.45. The number of nitrogens with zero attached hydrogens (tertiary/aromatic N) is 2. The van der Waals surface area contributed by atoms with Gasteiger partial charge < -0.3 is 10.6 Å². The molecular formula is C17H17ClF4N4S. The Hall–Kier alpha value is -1.87. The molecule has 0 radical (unpaired) electrons. The third-order valence-corrected chi connectivity index (χ3v) is 5.42. The van der Waals surface area contributed by atoms with Crippen molar-refractivity contribution in [2.45, 2.75) is 31.0 Å². The maximum atomic E-state index is 14.0. The first-order valence-corrected chi connectivity index (χ1v) is 9.48. The van der Waals surface area contributed by atoms with E-state index in [0.29, 0.717) is 34.5 Å². The fourth-order valence-electron chi connectivity index (χ4n) is 2.75. The predicted octanol–water partition coefficient (Wildman–Crippen LogP) is 4.22. The Kier molecular flexibility index (Phi) is 5.90. The van der Waals surface area contributed by atoms with Crippen molar-refractivity contribution in [2.24, 2.45) is 4.99 Å². The van der Waals surface area contributed by atoms with Crippen LogP contribution in [0.1, 0.15) is 28.6 Å². The lowest BCUT2D eigenvalue weighted by molar-refractivity contribution is -0.140. The van der Waals surface area contributed by atoms with Crippen LogP contribution in [-0.4, -0.2) is 30.6 Å². The van der Waals surface area contributed by atoms with Crippen LogP contribution in [0.25, 0.3) is 0 Å². The molecular weight excluding hydrogens is 404 g/mol. The van der Waals surface area contributed by atoms with E-state index in [-0.39, 0.29) is 17.8 Å². The summed E-state index contributed by atoms with van der Waals surface area (Å²) >= 11 is 7.06. The predicted molar refractivity (Wildman–Crippen MR) is 97.9 cm³/mol. The summed E-state index contributed by atoms with van der Waals surface area (Å²) in [6.07, 6.45) is -3.35. The first-order chi connectivity index (χ1) is 12.8. The Bertz CT molecular complexity index is 816. The van der Waals surface area contributed by atoms with Crippen molar-refractivity contribution in [3.05, 3.63) is 50.7 Å². The van der Waals surface area contributed by atoms with E-state index in [0.717, 1.165) is 23.1 Å². The van der Waals surface area contributed by atoms with Crippen LogP contribution in [0.5, 0.6) is 0 Å². The smallest absolute Gasteiger partial charge is 0.356 e. The standard InChI is InChI=1S/C17H17ClF4N4S/c1-23-16(24-6-5-14-26-13(8-27-14)17(20,21)22)25-12-7-9(12)15-10(18)3-2-4-11(15)19/h2-4,8-9,12H,5-7H2,1H3,(H2,23,24,25). The number of nitrogens with one attached hydrogen (secondary N) is 2. The molecule has 146 valence electrons. The lowest BCUT2D eigenvalue weighted by atomic mass is 10.1. The first kappa shape index (κ1) is 19.9. The molecule has 0 aliphatic heterocycles. The minimum absolute atomic E-state index is 0.00212. The lowest BCUT2D eigenvalue weighted by Gasteiger charge is -2.12. The molecule has 3 rings (SSSR count). The van der Waals surface area contributed by atoms with Gasteiger partial charge in [0.15, 0.2) is 11.7 Å². The van der Waals surface area contributed by atoms with Gasteiger partial charge in [-0.3, -0.25) is 4.99 Å². The van der Waals surface area contributed by atoms with Crippen LogP contribution in [0.4, 0.5) is 17.6 Å². The molecule has 0 amide bonds. The Morgan fingerprint density at radius 3 is 2.81 bits per heavy atom. The monoisotopic (exact) mass is 420 g/mol. The zero-order valence-corrected chi connectivity index (χ0v) is 15.9. The molecule has 2 unspecified atom stereocenters. The van der Waals surface area contributed by atoms with Gasteiger partial charge in [0.2, 0.25) is 0 Å². The second-order valence-electron chi connectivity index (χ2n) is 6.10. The average Bonchev–Trinajstić information content (AvgIpc) is 3.15. The van der Waals surface area contributed by atoms with Gasteiger partial charge in [-0.1, -0.05) is 17.7 Å². The summed E-state index contributed by atoms with van der Waals surface area (Å²) in [6, 6.07) is 4.61. The minimum Gasteiger partial charge on any atom is -0.356 e. The lowest BCUT2D eigenvalue weighted by Crippen LogP contribution is -2.40. The maximum absolute atomic E-state index is 14.0. The topological polar surface area (TPSA) is 49.3 Å². The number of halogens is 5. The molecule has 1 aliphatic carbocycles. The molecule has 1 aliphatic rings. The SMILES string of the molecule is CN=C(NCCc1nc(C(F)(F)F)cs1)NC1CC1c1c(F)cccc1Cl. The van der Waals surface area contributed by atoms with Crippen molar-refractivity contribution in [1.82, 2.24) is 15.6 Å². The Labute approximate surface area is 162 Å². The van der Waals surface area contributed by atoms with Crippen LogP contribution < -0.4 is 10.6 Å². The van der Waals surface area contributed by atoms with Crippen molar-refractivity contribution < 1.29 is 17.6 Å². The van der Waals surface area contributed by atoms with Gasteiger partial charge in [-0.15, -0.1) is 11.3 Å². The van der Waals surface area contributed by atoms with Crippen LogP contribution in [-0.2, 0) is 12.6 Å². The highest BCUT2D eigenvalue weighted by Gasteiger charge is 2.42. The summed E-state index contributed by atoms with van der Waals surface area (Å²) in [6.45, 7) is 0.377. The molecule has 0 bridgehead atoms. The number of rotatable bonds is 5. The van der Waals surface area contributed by atoms with E-state index in [2.05, 4.69) is 20.6 Å². The summed E-state index contributed by atoms with van der Waals surface area (Å²) < 4.78 is 51.6. The third-order valence-electron chi connectivity index (χ3n) is 4.18. The van der Waals surface area contributed by atoms with E-state index in [9.17, 15) is 17.6 Å². The summed E-state index contributed by atoms with van der Waals surface area (Å²) in [5.41, 5.74) is -0.373. The molecule has 2 atom stereocenters. The van der Waals surface area contributed by atoms with Crippen molar-refractivity contribution in [3.8, 4) is 0 Å². The summed E-state index contributed by atoms with van der Waals surface area (Å²) in [4.78, 5) is 7.67. The number of aliphatic imine (C=N–C) groups is 1. The fourth-order valence-corrected chi connectivity index (χ4v) is 3.86. The van der Waals surface area contributed by atoms with E-state index in [4.69, 9.17) is 11.6 Å². The van der Waals surface area contributed by atoms with Crippen molar-refractivity contribution >= 4 is 28.9 Å². The first-order valence-electron chi connectivity index (χ1n) is 8.22. The van der Waals surface area contributed by atoms with Gasteiger partial charge in [0.05, 0.1) is 5.01 Å². The number of thiazole rings is 1. The van der Waals surface area contributed by atoms with Crippen molar-refractivity contribution in [3.63, 3.8) is 0 Å². The normalized spacial score (nSPS) is 19.9. The molecule has 1 fully saturated rings. The van der Waals surface area contributed by atoms with E-state index in [1.807, 2.05) is 0 Å². The number of aromatic nitrogens is 1. The number of hydrogen-bond acceptors (Lipinski definition) is 3. The van der Waals surface area contributed by atoms with E-state index >= 15 is 0 Å². The summed E-state index contributed by atoms with van der Waals surface area (Å²) in [5.74, 6) is 0.136. The van der Waals surface area contributed by atoms with Gasteiger partial charge in [-0.2, -0.15) is 13.2 Å². The van der Waals surface area contributed by atoms with E-state index < -0.39 is 11.9 Å². The summed E-state index contributed by atoms with van der Waals surface area (Å²) in [7, 11) is 1.59. The van der Waals surface area contributed by atoms with Crippen LogP contribution in [0.2, 0.25) is 5.02 Å². The molecule has 1 saturated carbocycles. The highest BCUT2D eigenvalue weighted by molar-refractivity contribution is 7.09. The van der Waals surface area contributed by atoms with Crippen LogP contribution in [0.15, 0.2) is 28.6 Å². The van der Waals surface area contributed by atoms with Crippen molar-refractivity contribution in [1.29, 1.82) is 0 Å². The second kappa shape index (κ2) is 8.02. The van der Waals surface area contributed by atoms with Gasteiger partial charge >= 0.3 is 6.18 Å². The van der Waals surface area contributed by atoms with Gasteiger partial charge in [-0.05, 0) is 18.6 Å². The van der Waals surface area contributed by atoms with Gasteiger partial charge in [0.25, 0.3) is 0 Å². The quantitative estimate of drug-likeness (QED) is 0.432. The molecule has 1 aromatic heterocycles. The zero-order chi connectivity index (χ0) is 19.6. The molecule has 0 saturated heterocycles. The minimum atomic E-state index is -4.42. The van der Waals surface area contributed by atoms with E-state index in [1.165, 1.54) is 6.07 Å². The third kappa shape index (κ3) is 4.90. The van der Waals surface area contributed by atoms with Gasteiger partial charge in [0, 0.05) is 47.9 Å². The van der Waals surface area contributed by atoms with Gasteiger partial charge in [-0.25, -0.2) is 9.37 Å². The molecule has 27 heavy (non-hydrogen) atoms. The largest absolute Gasteiger partial charge is 0.434 e. The highest BCUT2D eigenvalue weighted by Crippen LogP contribution is 2.44. The zero-order valence-electron chi connectivity index (χ0n) is 14.3. The summed E-state index contributed by atoms with van der Waals surface area (Å²) in [5, 5.41) is 8.02. The van der Waals surface area contributed by atoms with Crippen LogP contribution >= 0.6 is 22.9 Å². The van der Waals surface area contributed by atoms with Gasteiger partial charge in [0.1, 0.15) is 5.82 Å². The average molecular weight is 421 g/mol. The molecule has 1 heterocycles. The Morgan fingerprint density at radius 2 is 2.19 bits per heavy atom. The molecule has 4 nitrogen and oxygen atoms in total. The van der Waals surface area contributed by atoms with Crippen LogP contribution in [0, 0.1) is 5.82 Å².